The molecule has 29 heavy (non-hydrogen) atoms. The number of hydrogen-bond donors (Lipinski definition) is 0. The Labute approximate surface area is 166 Å². The lowest BCUT2D eigenvalue weighted by Gasteiger charge is -2.12. The zero-order valence-electron chi connectivity index (χ0n) is 15.6. The summed E-state index contributed by atoms with van der Waals surface area (Å²) in [7, 11) is 0. The van der Waals surface area contributed by atoms with Crippen molar-refractivity contribution >= 4 is 11.6 Å². The predicted octanol–water partition coefficient (Wildman–Crippen LogP) is 6.80. The number of rotatable bonds is 5. The van der Waals surface area contributed by atoms with E-state index in [4.69, 9.17) is 9.47 Å². The van der Waals surface area contributed by atoms with Gasteiger partial charge in [0.2, 0.25) is 5.90 Å². The molecular formula is C23H18F3NO2. The van der Waals surface area contributed by atoms with E-state index in [1.807, 2.05) is 24.3 Å². The number of alkyl halides is 3. The summed E-state index contributed by atoms with van der Waals surface area (Å²) in [6.45, 7) is 1.71. The van der Waals surface area contributed by atoms with Crippen molar-refractivity contribution in [1.82, 2.24) is 0 Å². The van der Waals surface area contributed by atoms with Gasteiger partial charge in [-0.3, -0.25) is 0 Å². The molecule has 0 atom stereocenters. The van der Waals surface area contributed by atoms with Gasteiger partial charge in [-0.1, -0.05) is 42.5 Å². The Morgan fingerprint density at radius 1 is 0.828 bits per heavy atom. The molecule has 0 saturated heterocycles. The number of aliphatic imine (C=N–C) groups is 1. The van der Waals surface area contributed by atoms with Gasteiger partial charge in [-0.05, 0) is 49.4 Å². The number of nitrogens with zero attached hydrogens (tertiary/aromatic N) is 1. The molecule has 0 unspecified atom stereocenters. The molecule has 0 aliphatic rings. The van der Waals surface area contributed by atoms with Gasteiger partial charge >= 0.3 is 6.18 Å². The van der Waals surface area contributed by atoms with E-state index in [-0.39, 0.29) is 11.6 Å². The molecule has 148 valence electrons. The van der Waals surface area contributed by atoms with Crippen molar-refractivity contribution in [2.45, 2.75) is 13.1 Å². The molecule has 0 saturated carbocycles. The number of halogens is 3. The van der Waals surface area contributed by atoms with Crippen molar-refractivity contribution in [2.75, 3.05) is 0 Å². The highest BCUT2D eigenvalue weighted by Gasteiger charge is 2.30. The van der Waals surface area contributed by atoms with Gasteiger partial charge in [0.1, 0.15) is 11.5 Å². The Morgan fingerprint density at radius 3 is 2.10 bits per heavy atom. The molecule has 0 amide bonds. The molecular weight excluding hydrogens is 379 g/mol. The Bertz CT molecular complexity index is 997. The normalized spacial score (nSPS) is 12.6. The average molecular weight is 397 g/mol. The first kappa shape index (κ1) is 20.2. The molecule has 0 fully saturated rings. The fourth-order valence-electron chi connectivity index (χ4n) is 2.36. The molecule has 0 heterocycles. The highest BCUT2D eigenvalue weighted by atomic mass is 19.4. The summed E-state index contributed by atoms with van der Waals surface area (Å²) in [6, 6.07) is 22.7. The van der Waals surface area contributed by atoms with Gasteiger partial charge in [0, 0.05) is 5.57 Å². The zero-order valence-corrected chi connectivity index (χ0v) is 15.6. The molecule has 0 aliphatic carbocycles. The van der Waals surface area contributed by atoms with Crippen molar-refractivity contribution in [3.63, 3.8) is 0 Å². The number of benzene rings is 3. The van der Waals surface area contributed by atoms with E-state index in [2.05, 4.69) is 4.99 Å². The summed E-state index contributed by atoms with van der Waals surface area (Å²) >= 11 is 0. The van der Waals surface area contributed by atoms with Gasteiger partial charge < -0.3 is 9.47 Å². The third-order valence-electron chi connectivity index (χ3n) is 3.82. The quantitative estimate of drug-likeness (QED) is 0.269. The molecule has 6 heteroatoms. The van der Waals surface area contributed by atoms with Crippen molar-refractivity contribution in [3.05, 3.63) is 102 Å². The Balaban J connectivity index is 1.90. The highest BCUT2D eigenvalue weighted by Crippen LogP contribution is 2.31. The van der Waals surface area contributed by atoms with Crippen LogP contribution in [0.2, 0.25) is 0 Å². The van der Waals surface area contributed by atoms with Crippen LogP contribution in [0.15, 0.2) is 102 Å². The summed E-state index contributed by atoms with van der Waals surface area (Å²) in [4.78, 5) is 4.42. The van der Waals surface area contributed by atoms with E-state index in [1.165, 1.54) is 18.4 Å². The summed E-state index contributed by atoms with van der Waals surface area (Å²) in [5, 5.41) is 0. The number of para-hydroxylation sites is 2. The largest absolute Gasteiger partial charge is 0.465 e. The molecule has 0 bridgehead atoms. The molecule has 0 spiro atoms. The molecule has 3 rings (SSSR count). The van der Waals surface area contributed by atoms with E-state index in [1.54, 1.807) is 43.3 Å². The highest BCUT2D eigenvalue weighted by molar-refractivity contribution is 5.96. The van der Waals surface area contributed by atoms with Crippen LogP contribution in [0.1, 0.15) is 12.5 Å². The molecule has 3 nitrogen and oxygen atoms in total. The molecule has 0 radical (unpaired) electrons. The van der Waals surface area contributed by atoms with Crippen LogP contribution in [0.25, 0.3) is 0 Å². The fraction of sp³-hybridized carbons (Fsp3) is 0.0870. The second-order valence-electron chi connectivity index (χ2n) is 6.11. The second-order valence-corrected chi connectivity index (χ2v) is 6.11. The third kappa shape index (κ3) is 5.97. The smallest absolute Gasteiger partial charge is 0.416 e. The van der Waals surface area contributed by atoms with Gasteiger partial charge in [-0.15, -0.1) is 0 Å². The first-order chi connectivity index (χ1) is 13.9. The minimum atomic E-state index is -4.46. The number of ether oxygens (including phenoxy) is 2. The van der Waals surface area contributed by atoms with E-state index < -0.39 is 11.7 Å². The second kappa shape index (κ2) is 9.10. The van der Waals surface area contributed by atoms with E-state index in [0.29, 0.717) is 17.0 Å². The fourth-order valence-corrected chi connectivity index (χ4v) is 2.36. The third-order valence-corrected chi connectivity index (χ3v) is 3.82. The Morgan fingerprint density at radius 2 is 1.45 bits per heavy atom. The van der Waals surface area contributed by atoms with Gasteiger partial charge in [0.05, 0.1) is 17.5 Å². The van der Waals surface area contributed by atoms with Crippen LogP contribution in [0.3, 0.4) is 0 Å². The molecule has 0 aliphatic heterocycles. The first-order valence-electron chi connectivity index (χ1n) is 8.79. The van der Waals surface area contributed by atoms with Crippen molar-refractivity contribution in [3.8, 4) is 11.5 Å². The van der Waals surface area contributed by atoms with Crippen LogP contribution in [-0.2, 0) is 6.18 Å². The van der Waals surface area contributed by atoms with Crippen LogP contribution in [0, 0.1) is 0 Å². The first-order valence-corrected chi connectivity index (χ1v) is 8.79. The van der Waals surface area contributed by atoms with E-state index in [9.17, 15) is 13.2 Å². The Hall–Kier alpha value is -3.54. The summed E-state index contributed by atoms with van der Waals surface area (Å²) in [5.41, 5.74) is 0.313. The minimum Gasteiger partial charge on any atom is -0.465 e. The van der Waals surface area contributed by atoms with Crippen molar-refractivity contribution in [2.24, 2.45) is 4.99 Å². The lowest BCUT2D eigenvalue weighted by atomic mass is 10.2. The van der Waals surface area contributed by atoms with Crippen LogP contribution < -0.4 is 9.47 Å². The summed E-state index contributed by atoms with van der Waals surface area (Å²) in [6.07, 6.45) is -3.01. The standard InChI is InChI=1S/C23H18F3NO2/c1-17(16-28-20-12-6-3-7-13-20)22(27-19-10-4-2-5-11-19)29-21-14-8-9-18(15-21)23(24,25)26/h2-16H,1H3/b17-16+,27-22-. The zero-order chi connectivity index (χ0) is 20.7. The number of hydrogen-bond acceptors (Lipinski definition) is 3. The summed E-state index contributed by atoms with van der Waals surface area (Å²) in [5.74, 6) is 0.776. The SMILES string of the molecule is CC(=C\Oc1ccccc1)/C(=N/c1ccccc1)Oc1cccc(C(F)(F)F)c1. The average Bonchev–Trinajstić information content (AvgIpc) is 2.73. The molecule has 3 aromatic rings. The predicted molar refractivity (Wildman–Crippen MR) is 106 cm³/mol. The van der Waals surface area contributed by atoms with E-state index in [0.717, 1.165) is 12.1 Å². The van der Waals surface area contributed by atoms with Crippen molar-refractivity contribution < 1.29 is 22.6 Å². The van der Waals surface area contributed by atoms with Crippen LogP contribution in [0.4, 0.5) is 18.9 Å². The maximum atomic E-state index is 13.0. The molecule has 3 aromatic carbocycles. The molecule has 0 N–H and O–H groups in total. The van der Waals surface area contributed by atoms with E-state index >= 15 is 0 Å². The van der Waals surface area contributed by atoms with Gasteiger partial charge in [0.25, 0.3) is 0 Å². The van der Waals surface area contributed by atoms with Crippen LogP contribution >= 0.6 is 0 Å². The van der Waals surface area contributed by atoms with Gasteiger partial charge in [-0.25, -0.2) is 4.99 Å². The van der Waals surface area contributed by atoms with Crippen LogP contribution in [-0.4, -0.2) is 5.90 Å². The van der Waals surface area contributed by atoms with Gasteiger partial charge in [-0.2, -0.15) is 13.2 Å². The molecule has 0 aromatic heterocycles. The van der Waals surface area contributed by atoms with Crippen molar-refractivity contribution in [1.29, 1.82) is 0 Å². The van der Waals surface area contributed by atoms with Gasteiger partial charge in [0.15, 0.2) is 0 Å². The maximum Gasteiger partial charge on any atom is 0.416 e. The summed E-state index contributed by atoms with van der Waals surface area (Å²) < 4.78 is 50.3. The topological polar surface area (TPSA) is 30.8 Å². The maximum absolute atomic E-state index is 13.0. The Kier molecular flexibility index (Phi) is 6.34. The lowest BCUT2D eigenvalue weighted by Crippen LogP contribution is -2.12. The monoisotopic (exact) mass is 397 g/mol. The minimum absolute atomic E-state index is 0.0296. The van der Waals surface area contributed by atoms with Crippen LogP contribution in [0.5, 0.6) is 11.5 Å². The lowest BCUT2D eigenvalue weighted by molar-refractivity contribution is -0.137.